The highest BCUT2D eigenvalue weighted by Crippen LogP contribution is 2.34. The topological polar surface area (TPSA) is 77.5 Å². The second-order valence-electron chi connectivity index (χ2n) is 6.65. The van der Waals surface area contributed by atoms with Crippen LogP contribution in [0, 0.1) is 0 Å². The van der Waals surface area contributed by atoms with E-state index in [0.29, 0.717) is 12.1 Å². The molecule has 3 rings (SSSR count). The lowest BCUT2D eigenvalue weighted by atomic mass is 9.79. The molecule has 0 aliphatic heterocycles. The Labute approximate surface area is 147 Å². The highest BCUT2D eigenvalue weighted by molar-refractivity contribution is 5.89. The van der Waals surface area contributed by atoms with E-state index in [2.05, 4.69) is 15.6 Å². The molecule has 1 atom stereocenters. The lowest BCUT2D eigenvalue weighted by Gasteiger charge is -2.34. The van der Waals surface area contributed by atoms with Crippen molar-refractivity contribution in [1.82, 2.24) is 10.3 Å². The molecule has 2 amide bonds. The highest BCUT2D eigenvalue weighted by atomic mass is 16.3. The van der Waals surface area contributed by atoms with E-state index in [1.54, 1.807) is 12.3 Å². The van der Waals surface area contributed by atoms with Crippen molar-refractivity contribution in [2.45, 2.75) is 24.9 Å². The second-order valence-corrected chi connectivity index (χ2v) is 6.65. The van der Waals surface area contributed by atoms with E-state index < -0.39 is 5.60 Å². The number of amides is 2. The van der Waals surface area contributed by atoms with Gasteiger partial charge in [-0.1, -0.05) is 24.3 Å². The average molecular weight is 340 g/mol. The first-order valence-electron chi connectivity index (χ1n) is 8.47. The molecule has 1 heterocycles. The summed E-state index contributed by atoms with van der Waals surface area (Å²) in [5.74, 6) is 0.819. The SMILES string of the molecule is CN(C)c1ccc(NC(=O)NCC2(O)CCCc3ccccc32)cn1. The van der Waals surface area contributed by atoms with E-state index in [1.165, 1.54) is 0 Å². The quantitative estimate of drug-likeness (QED) is 0.799. The van der Waals surface area contributed by atoms with Crippen LogP contribution in [0.25, 0.3) is 0 Å². The van der Waals surface area contributed by atoms with Gasteiger partial charge in [0.15, 0.2) is 0 Å². The summed E-state index contributed by atoms with van der Waals surface area (Å²) >= 11 is 0. The number of nitrogens with zero attached hydrogens (tertiary/aromatic N) is 2. The third kappa shape index (κ3) is 3.91. The van der Waals surface area contributed by atoms with Crippen molar-refractivity contribution in [2.24, 2.45) is 0 Å². The van der Waals surface area contributed by atoms with E-state index in [-0.39, 0.29) is 12.6 Å². The number of hydrogen-bond donors (Lipinski definition) is 3. The Bertz CT molecular complexity index is 745. The summed E-state index contributed by atoms with van der Waals surface area (Å²) in [6, 6.07) is 11.2. The molecule has 6 heteroatoms. The minimum absolute atomic E-state index is 0.180. The van der Waals surface area contributed by atoms with Crippen LogP contribution in [0.4, 0.5) is 16.3 Å². The lowest BCUT2D eigenvalue weighted by molar-refractivity contribution is 0.0221. The number of aryl methyl sites for hydroxylation is 1. The van der Waals surface area contributed by atoms with Crippen molar-refractivity contribution in [3.05, 3.63) is 53.7 Å². The number of anilines is 2. The van der Waals surface area contributed by atoms with Crippen LogP contribution >= 0.6 is 0 Å². The number of urea groups is 1. The number of nitrogens with one attached hydrogen (secondary N) is 2. The van der Waals surface area contributed by atoms with Crippen molar-refractivity contribution in [3.8, 4) is 0 Å². The molecule has 0 fully saturated rings. The molecular weight excluding hydrogens is 316 g/mol. The van der Waals surface area contributed by atoms with Crippen LogP contribution in [-0.4, -0.2) is 36.8 Å². The summed E-state index contributed by atoms with van der Waals surface area (Å²) in [6.45, 7) is 0.180. The minimum atomic E-state index is -1.01. The fourth-order valence-corrected chi connectivity index (χ4v) is 3.21. The molecule has 0 radical (unpaired) electrons. The molecule has 0 bridgehead atoms. The molecule has 1 aliphatic rings. The van der Waals surface area contributed by atoms with Crippen molar-refractivity contribution in [3.63, 3.8) is 0 Å². The summed E-state index contributed by atoms with van der Waals surface area (Å²) in [7, 11) is 3.82. The Morgan fingerprint density at radius 1 is 1.28 bits per heavy atom. The van der Waals surface area contributed by atoms with Gasteiger partial charge >= 0.3 is 6.03 Å². The molecule has 0 saturated heterocycles. The van der Waals surface area contributed by atoms with Crippen LogP contribution in [0.3, 0.4) is 0 Å². The maximum absolute atomic E-state index is 12.2. The number of hydrogen-bond acceptors (Lipinski definition) is 4. The van der Waals surface area contributed by atoms with Gasteiger partial charge in [-0.25, -0.2) is 9.78 Å². The molecule has 3 N–H and O–H groups in total. The smallest absolute Gasteiger partial charge is 0.319 e. The monoisotopic (exact) mass is 340 g/mol. The molecule has 1 aromatic carbocycles. The van der Waals surface area contributed by atoms with Gasteiger partial charge in [0.1, 0.15) is 11.4 Å². The zero-order valence-electron chi connectivity index (χ0n) is 14.6. The third-order valence-electron chi connectivity index (χ3n) is 4.56. The molecule has 0 saturated carbocycles. The van der Waals surface area contributed by atoms with Gasteiger partial charge < -0.3 is 20.6 Å². The fourth-order valence-electron chi connectivity index (χ4n) is 3.21. The Morgan fingerprint density at radius 2 is 2.08 bits per heavy atom. The Hall–Kier alpha value is -2.60. The van der Waals surface area contributed by atoms with E-state index in [4.69, 9.17) is 0 Å². The largest absolute Gasteiger partial charge is 0.383 e. The summed E-state index contributed by atoms with van der Waals surface area (Å²) < 4.78 is 0. The predicted molar refractivity (Wildman–Crippen MR) is 98.9 cm³/mol. The number of aliphatic hydroxyl groups is 1. The van der Waals surface area contributed by atoms with Crippen LogP contribution in [0.5, 0.6) is 0 Å². The minimum Gasteiger partial charge on any atom is -0.383 e. The third-order valence-corrected chi connectivity index (χ3v) is 4.56. The summed E-state index contributed by atoms with van der Waals surface area (Å²) in [4.78, 5) is 18.3. The average Bonchev–Trinajstić information content (AvgIpc) is 2.61. The molecular formula is C19H24N4O2. The van der Waals surface area contributed by atoms with Crippen LogP contribution in [0.2, 0.25) is 0 Å². The predicted octanol–water partition coefficient (Wildman–Crippen LogP) is 2.49. The number of pyridine rings is 1. The van der Waals surface area contributed by atoms with Gasteiger partial charge in [-0.2, -0.15) is 0 Å². The molecule has 1 aromatic heterocycles. The fraction of sp³-hybridized carbons (Fsp3) is 0.368. The standard InChI is InChI=1S/C19H24N4O2/c1-23(2)17-10-9-15(12-20-17)22-18(24)21-13-19(25)11-5-7-14-6-3-4-8-16(14)19/h3-4,6,8-10,12,25H,5,7,11,13H2,1-2H3,(H2,21,22,24). The number of carbonyl (C=O) groups excluding carboxylic acids is 1. The molecule has 1 aliphatic carbocycles. The van der Waals surface area contributed by atoms with Crippen LogP contribution < -0.4 is 15.5 Å². The molecule has 2 aromatic rings. The molecule has 25 heavy (non-hydrogen) atoms. The lowest BCUT2D eigenvalue weighted by Crippen LogP contribution is -2.44. The molecule has 1 unspecified atom stereocenters. The van der Waals surface area contributed by atoms with Crippen molar-refractivity contribution >= 4 is 17.5 Å². The van der Waals surface area contributed by atoms with Gasteiger partial charge in [0.05, 0.1) is 18.4 Å². The summed E-state index contributed by atoms with van der Waals surface area (Å²) in [5.41, 5.74) is 1.67. The second kappa shape index (κ2) is 7.11. The van der Waals surface area contributed by atoms with Crippen molar-refractivity contribution in [2.75, 3.05) is 30.9 Å². The Balaban J connectivity index is 1.61. The number of aromatic nitrogens is 1. The Kier molecular flexibility index (Phi) is 4.90. The van der Waals surface area contributed by atoms with Crippen molar-refractivity contribution in [1.29, 1.82) is 0 Å². The number of fused-ring (bicyclic) bond motifs is 1. The number of rotatable bonds is 4. The van der Waals surface area contributed by atoms with E-state index in [0.717, 1.165) is 29.8 Å². The summed E-state index contributed by atoms with van der Waals surface area (Å²) in [6.07, 6.45) is 4.13. The first-order chi connectivity index (χ1) is 12.0. The highest BCUT2D eigenvalue weighted by Gasteiger charge is 2.34. The van der Waals surface area contributed by atoms with Gasteiger partial charge in [0, 0.05) is 14.1 Å². The van der Waals surface area contributed by atoms with Gasteiger partial charge in [-0.05, 0) is 42.5 Å². The number of carbonyl (C=O) groups is 1. The van der Waals surface area contributed by atoms with E-state index in [1.807, 2.05) is 49.3 Å². The summed E-state index contributed by atoms with van der Waals surface area (Å²) in [5, 5.41) is 16.5. The van der Waals surface area contributed by atoms with Crippen LogP contribution in [0.1, 0.15) is 24.0 Å². The van der Waals surface area contributed by atoms with Crippen LogP contribution in [-0.2, 0) is 12.0 Å². The van der Waals surface area contributed by atoms with E-state index in [9.17, 15) is 9.90 Å². The molecule has 132 valence electrons. The maximum atomic E-state index is 12.2. The zero-order valence-corrected chi connectivity index (χ0v) is 14.6. The number of benzene rings is 1. The first kappa shape index (κ1) is 17.2. The normalized spacial score (nSPS) is 19.0. The van der Waals surface area contributed by atoms with Gasteiger partial charge in [-0.3, -0.25) is 0 Å². The van der Waals surface area contributed by atoms with E-state index >= 15 is 0 Å². The van der Waals surface area contributed by atoms with Gasteiger partial charge in [0.25, 0.3) is 0 Å². The first-order valence-corrected chi connectivity index (χ1v) is 8.47. The Morgan fingerprint density at radius 3 is 2.80 bits per heavy atom. The van der Waals surface area contributed by atoms with Crippen molar-refractivity contribution < 1.29 is 9.90 Å². The molecule has 0 spiro atoms. The zero-order chi connectivity index (χ0) is 17.9. The molecule has 6 nitrogen and oxygen atoms in total. The van der Waals surface area contributed by atoms with Gasteiger partial charge in [-0.15, -0.1) is 0 Å². The van der Waals surface area contributed by atoms with Gasteiger partial charge in [0.2, 0.25) is 0 Å². The maximum Gasteiger partial charge on any atom is 0.319 e. The van der Waals surface area contributed by atoms with Crippen LogP contribution in [0.15, 0.2) is 42.6 Å².